The highest BCUT2D eigenvalue weighted by atomic mass is 35.5. The van der Waals surface area contributed by atoms with Gasteiger partial charge in [-0.05, 0) is 42.0 Å². The standard InChI is InChI=1S/C13H12FNO.C2H6.CH3Cl/c14-11-3-1-2-10(8-11)9-16-13-6-4-12(15)5-7-13;2*1-2/h1-8H,9,15H2;1-2H3;1H3. The highest BCUT2D eigenvalue weighted by Gasteiger charge is 1.97. The van der Waals surface area contributed by atoms with Crippen LogP contribution in [0.1, 0.15) is 19.4 Å². The smallest absolute Gasteiger partial charge is 0.123 e. The van der Waals surface area contributed by atoms with E-state index in [0.717, 1.165) is 11.3 Å². The van der Waals surface area contributed by atoms with Crippen LogP contribution in [-0.2, 0) is 6.61 Å². The third-order valence-electron chi connectivity index (χ3n) is 2.17. The molecule has 0 aliphatic rings. The molecule has 2 nitrogen and oxygen atoms in total. The van der Waals surface area contributed by atoms with E-state index in [1.807, 2.05) is 19.9 Å². The molecule has 0 saturated heterocycles. The summed E-state index contributed by atoms with van der Waals surface area (Å²) in [5, 5.41) is 0. The van der Waals surface area contributed by atoms with E-state index in [-0.39, 0.29) is 5.82 Å². The molecule has 0 saturated carbocycles. The molecule has 2 rings (SSSR count). The highest BCUT2D eigenvalue weighted by molar-refractivity contribution is 6.15. The normalized spacial score (nSPS) is 8.65. The molecule has 0 unspecified atom stereocenters. The topological polar surface area (TPSA) is 35.2 Å². The summed E-state index contributed by atoms with van der Waals surface area (Å²) in [6.45, 7) is 4.35. The summed E-state index contributed by atoms with van der Waals surface area (Å²) in [4.78, 5) is 0. The zero-order valence-electron chi connectivity index (χ0n) is 12.1. The van der Waals surface area contributed by atoms with E-state index in [0.29, 0.717) is 12.3 Å². The third-order valence-corrected chi connectivity index (χ3v) is 2.17. The van der Waals surface area contributed by atoms with E-state index in [1.54, 1.807) is 30.3 Å². The van der Waals surface area contributed by atoms with Crippen LogP contribution in [0.2, 0.25) is 0 Å². The van der Waals surface area contributed by atoms with Crippen LogP contribution in [0, 0.1) is 5.82 Å². The number of nitrogens with two attached hydrogens (primary N) is 1. The molecule has 0 bridgehead atoms. The second-order valence-corrected chi connectivity index (χ2v) is 3.49. The third kappa shape index (κ3) is 7.00. The number of rotatable bonds is 3. The molecule has 0 aromatic heterocycles. The van der Waals surface area contributed by atoms with Gasteiger partial charge in [-0.3, -0.25) is 0 Å². The molecule has 2 N–H and O–H groups in total. The zero-order chi connectivity index (χ0) is 15.4. The molecular weight excluding hydrogens is 277 g/mol. The van der Waals surface area contributed by atoms with Crippen LogP contribution in [0.15, 0.2) is 48.5 Å². The van der Waals surface area contributed by atoms with Gasteiger partial charge in [0.1, 0.15) is 18.2 Å². The monoisotopic (exact) mass is 297 g/mol. The fourth-order valence-corrected chi connectivity index (χ4v) is 1.36. The first kappa shape index (κ1) is 18.3. The van der Waals surface area contributed by atoms with Crippen molar-refractivity contribution in [2.45, 2.75) is 20.5 Å². The Kier molecular flexibility index (Phi) is 10.2. The summed E-state index contributed by atoms with van der Waals surface area (Å²) < 4.78 is 18.4. The minimum Gasteiger partial charge on any atom is -0.489 e. The molecule has 0 spiro atoms. The summed E-state index contributed by atoms with van der Waals surface area (Å²) in [6, 6.07) is 13.5. The van der Waals surface area contributed by atoms with Crippen molar-refractivity contribution >= 4 is 17.3 Å². The molecule has 0 aliphatic heterocycles. The maximum absolute atomic E-state index is 12.9. The average Bonchev–Trinajstić information content (AvgIpc) is 2.51. The number of nitrogen functional groups attached to an aromatic ring is 1. The van der Waals surface area contributed by atoms with Gasteiger partial charge in [0.05, 0.1) is 0 Å². The van der Waals surface area contributed by atoms with E-state index in [2.05, 4.69) is 11.6 Å². The van der Waals surface area contributed by atoms with Gasteiger partial charge in [-0.25, -0.2) is 4.39 Å². The first-order valence-corrected chi connectivity index (χ1v) is 7.10. The lowest BCUT2D eigenvalue weighted by Crippen LogP contribution is -1.96. The predicted octanol–water partition coefficient (Wildman–Crippen LogP) is 4.87. The summed E-state index contributed by atoms with van der Waals surface area (Å²) in [7, 11) is 0. The van der Waals surface area contributed by atoms with E-state index in [9.17, 15) is 4.39 Å². The number of halogens is 2. The maximum Gasteiger partial charge on any atom is 0.123 e. The zero-order valence-corrected chi connectivity index (χ0v) is 12.8. The first-order chi connectivity index (χ1) is 9.74. The number of anilines is 1. The van der Waals surface area contributed by atoms with E-state index >= 15 is 0 Å². The van der Waals surface area contributed by atoms with Crippen LogP contribution in [-0.4, -0.2) is 6.38 Å². The van der Waals surface area contributed by atoms with Gasteiger partial charge >= 0.3 is 0 Å². The van der Waals surface area contributed by atoms with Crippen molar-refractivity contribution in [3.05, 3.63) is 59.9 Å². The molecule has 0 radical (unpaired) electrons. The summed E-state index contributed by atoms with van der Waals surface area (Å²) in [5.41, 5.74) is 7.04. The maximum atomic E-state index is 12.9. The minimum absolute atomic E-state index is 0.251. The lowest BCUT2D eigenvalue weighted by molar-refractivity contribution is 0.305. The van der Waals surface area contributed by atoms with Crippen LogP contribution in [0.25, 0.3) is 0 Å². The molecule has 20 heavy (non-hydrogen) atoms. The van der Waals surface area contributed by atoms with Crippen LogP contribution >= 0.6 is 11.6 Å². The largest absolute Gasteiger partial charge is 0.489 e. The Morgan fingerprint density at radius 1 is 1.05 bits per heavy atom. The van der Waals surface area contributed by atoms with Crippen molar-refractivity contribution in [1.29, 1.82) is 0 Å². The lowest BCUT2D eigenvalue weighted by atomic mass is 10.2. The molecule has 0 aliphatic carbocycles. The van der Waals surface area contributed by atoms with Crippen molar-refractivity contribution < 1.29 is 9.13 Å². The van der Waals surface area contributed by atoms with Crippen molar-refractivity contribution in [2.75, 3.05) is 12.1 Å². The summed E-state index contributed by atoms with van der Waals surface area (Å²) >= 11 is 4.64. The van der Waals surface area contributed by atoms with Gasteiger partial charge in [0.2, 0.25) is 0 Å². The Morgan fingerprint density at radius 3 is 2.20 bits per heavy atom. The van der Waals surface area contributed by atoms with Gasteiger partial charge in [-0.15, -0.1) is 11.6 Å². The number of hydrogen-bond donors (Lipinski definition) is 1. The van der Waals surface area contributed by atoms with Crippen molar-refractivity contribution in [3.63, 3.8) is 0 Å². The first-order valence-electron chi connectivity index (χ1n) is 6.34. The SMILES string of the molecule is CC.CCl.Nc1ccc(OCc2cccc(F)c2)cc1. The van der Waals surface area contributed by atoms with Crippen molar-refractivity contribution in [3.8, 4) is 5.75 Å². The molecule has 2 aromatic carbocycles. The number of ether oxygens (including phenoxy) is 1. The number of alkyl halides is 1. The van der Waals surface area contributed by atoms with Gasteiger partial charge in [-0.2, -0.15) is 0 Å². The Bertz CT molecular complexity index is 474. The molecule has 0 amide bonds. The second-order valence-electron chi connectivity index (χ2n) is 3.49. The van der Waals surface area contributed by atoms with Crippen LogP contribution < -0.4 is 10.5 Å². The van der Waals surface area contributed by atoms with E-state index < -0.39 is 0 Å². The Balaban J connectivity index is 0.000000829. The molecule has 110 valence electrons. The Hall–Kier alpha value is -1.74. The van der Waals surface area contributed by atoms with Crippen LogP contribution in [0.5, 0.6) is 5.75 Å². The number of hydrogen-bond acceptors (Lipinski definition) is 2. The van der Waals surface area contributed by atoms with E-state index in [1.165, 1.54) is 18.5 Å². The quantitative estimate of drug-likeness (QED) is 0.648. The van der Waals surface area contributed by atoms with Gasteiger partial charge in [0.15, 0.2) is 0 Å². The Labute approximate surface area is 125 Å². The van der Waals surface area contributed by atoms with Crippen molar-refractivity contribution in [1.82, 2.24) is 0 Å². The molecule has 2 aromatic rings. The highest BCUT2D eigenvalue weighted by Crippen LogP contribution is 2.15. The molecule has 4 heteroatoms. The minimum atomic E-state index is -0.251. The summed E-state index contributed by atoms with van der Waals surface area (Å²) in [6.07, 6.45) is 1.47. The van der Waals surface area contributed by atoms with Gasteiger partial charge < -0.3 is 10.5 Å². The van der Waals surface area contributed by atoms with Crippen LogP contribution in [0.3, 0.4) is 0 Å². The second kappa shape index (κ2) is 11.1. The number of benzene rings is 2. The van der Waals surface area contributed by atoms with Crippen molar-refractivity contribution in [2.24, 2.45) is 0 Å². The predicted molar refractivity (Wildman–Crippen MR) is 84.7 cm³/mol. The molecule has 0 fully saturated rings. The van der Waals surface area contributed by atoms with E-state index in [4.69, 9.17) is 10.5 Å². The fourth-order valence-electron chi connectivity index (χ4n) is 1.36. The summed E-state index contributed by atoms with van der Waals surface area (Å²) in [5.74, 6) is 0.469. The molecule has 0 atom stereocenters. The fraction of sp³-hybridized carbons (Fsp3) is 0.250. The molecular formula is C16H21ClFNO. The van der Waals surface area contributed by atoms with Gasteiger partial charge in [-0.1, -0.05) is 26.0 Å². The van der Waals surface area contributed by atoms with Crippen LogP contribution in [0.4, 0.5) is 10.1 Å². The Morgan fingerprint density at radius 2 is 1.65 bits per heavy atom. The molecule has 0 heterocycles. The average molecular weight is 298 g/mol. The van der Waals surface area contributed by atoms with Gasteiger partial charge in [0.25, 0.3) is 0 Å². The van der Waals surface area contributed by atoms with Gasteiger partial charge in [0, 0.05) is 12.1 Å². The lowest BCUT2D eigenvalue weighted by Gasteiger charge is -2.06.